The number of aliphatic hydroxyl groups excluding tert-OH is 1. The topological polar surface area (TPSA) is 52.5 Å². The quantitative estimate of drug-likeness (QED) is 0.767. The first-order chi connectivity index (χ1) is 10.1. The summed E-state index contributed by atoms with van der Waals surface area (Å²) in [6, 6.07) is 14.3. The Labute approximate surface area is 130 Å². The van der Waals surface area contributed by atoms with Gasteiger partial charge < -0.3 is 15.5 Å². The van der Waals surface area contributed by atoms with E-state index in [0.717, 1.165) is 23.6 Å². The van der Waals surface area contributed by atoms with Gasteiger partial charge in [-0.05, 0) is 55.3 Å². The van der Waals surface area contributed by atoms with E-state index < -0.39 is 6.10 Å². The van der Waals surface area contributed by atoms with Gasteiger partial charge in [-0.15, -0.1) is 0 Å². The van der Waals surface area contributed by atoms with Crippen molar-refractivity contribution < 1.29 is 10.2 Å². The lowest BCUT2D eigenvalue weighted by molar-refractivity contribution is 0.136. The van der Waals surface area contributed by atoms with Crippen LogP contribution >= 0.6 is 11.6 Å². The van der Waals surface area contributed by atoms with Gasteiger partial charge >= 0.3 is 0 Å². The highest BCUT2D eigenvalue weighted by Gasteiger charge is 2.15. The third-order valence-corrected chi connectivity index (χ3v) is 3.71. The van der Waals surface area contributed by atoms with Crippen LogP contribution in [-0.2, 0) is 6.42 Å². The lowest BCUT2D eigenvalue weighted by atomic mass is 10.0. The molecule has 0 aliphatic heterocycles. The van der Waals surface area contributed by atoms with E-state index in [1.54, 1.807) is 24.3 Å². The zero-order valence-electron chi connectivity index (χ0n) is 12.0. The fourth-order valence-electron chi connectivity index (χ4n) is 2.21. The van der Waals surface area contributed by atoms with Crippen molar-refractivity contribution in [1.29, 1.82) is 0 Å². The van der Waals surface area contributed by atoms with E-state index in [2.05, 4.69) is 5.32 Å². The minimum Gasteiger partial charge on any atom is -0.508 e. The van der Waals surface area contributed by atoms with Crippen LogP contribution in [0.3, 0.4) is 0 Å². The summed E-state index contributed by atoms with van der Waals surface area (Å²) in [6.07, 6.45) is 0.248. The lowest BCUT2D eigenvalue weighted by Gasteiger charge is -2.20. The van der Waals surface area contributed by atoms with E-state index in [1.165, 1.54) is 5.56 Å². The lowest BCUT2D eigenvalue weighted by Crippen LogP contribution is -2.33. The summed E-state index contributed by atoms with van der Waals surface area (Å²) in [5.74, 6) is 0.201. The number of halogens is 1. The Morgan fingerprint density at radius 2 is 1.86 bits per heavy atom. The Hall–Kier alpha value is -1.55. The van der Waals surface area contributed by atoms with E-state index in [9.17, 15) is 10.2 Å². The molecule has 3 nitrogen and oxygen atoms in total. The molecular formula is C17H20ClNO2. The Morgan fingerprint density at radius 3 is 2.52 bits per heavy atom. The molecule has 0 bridgehead atoms. The number of nitrogens with one attached hydrogen (secondary N) is 1. The number of rotatable bonds is 6. The summed E-state index contributed by atoms with van der Waals surface area (Å²) in [7, 11) is 0. The highest BCUT2D eigenvalue weighted by atomic mass is 35.5. The average molecular weight is 306 g/mol. The highest BCUT2D eigenvalue weighted by Crippen LogP contribution is 2.19. The van der Waals surface area contributed by atoms with Gasteiger partial charge in [-0.25, -0.2) is 0 Å². The van der Waals surface area contributed by atoms with Crippen molar-refractivity contribution in [2.24, 2.45) is 0 Å². The van der Waals surface area contributed by atoms with Crippen molar-refractivity contribution in [2.75, 3.05) is 6.54 Å². The average Bonchev–Trinajstić information content (AvgIpc) is 2.47. The zero-order chi connectivity index (χ0) is 15.2. The molecule has 0 unspecified atom stereocenters. The molecule has 0 saturated heterocycles. The largest absolute Gasteiger partial charge is 0.508 e. The van der Waals surface area contributed by atoms with Gasteiger partial charge in [0.15, 0.2) is 0 Å². The maximum Gasteiger partial charge on any atom is 0.115 e. The fraction of sp³-hybridized carbons (Fsp3) is 0.294. The molecule has 0 aromatic heterocycles. The number of hydrogen-bond donors (Lipinski definition) is 3. The van der Waals surface area contributed by atoms with Crippen molar-refractivity contribution in [2.45, 2.75) is 25.5 Å². The highest BCUT2D eigenvalue weighted by molar-refractivity contribution is 6.30. The second-order valence-electron chi connectivity index (χ2n) is 5.16. The van der Waals surface area contributed by atoms with Crippen molar-refractivity contribution in [3.63, 3.8) is 0 Å². The van der Waals surface area contributed by atoms with Gasteiger partial charge in [-0.3, -0.25) is 0 Å². The van der Waals surface area contributed by atoms with Gasteiger partial charge in [-0.2, -0.15) is 0 Å². The SMILES string of the molecule is C[C@H](NCCc1cccc(Cl)c1)[C@H](O)c1ccc(O)cc1. The zero-order valence-corrected chi connectivity index (χ0v) is 12.7. The van der Waals surface area contributed by atoms with Crippen LogP contribution in [0.1, 0.15) is 24.2 Å². The number of aliphatic hydroxyl groups is 1. The number of hydrogen-bond acceptors (Lipinski definition) is 3. The van der Waals surface area contributed by atoms with Crippen LogP contribution in [0.4, 0.5) is 0 Å². The summed E-state index contributed by atoms with van der Waals surface area (Å²) in [5.41, 5.74) is 1.96. The van der Waals surface area contributed by atoms with E-state index in [-0.39, 0.29) is 11.8 Å². The van der Waals surface area contributed by atoms with E-state index in [4.69, 9.17) is 11.6 Å². The molecule has 0 aliphatic rings. The Kier molecular flexibility index (Phi) is 5.62. The molecule has 3 N–H and O–H groups in total. The van der Waals surface area contributed by atoms with Gasteiger partial charge in [0.2, 0.25) is 0 Å². The summed E-state index contributed by atoms with van der Waals surface area (Å²) in [6.45, 7) is 2.70. The van der Waals surface area contributed by atoms with E-state index in [1.807, 2.05) is 31.2 Å². The maximum atomic E-state index is 10.3. The predicted molar refractivity (Wildman–Crippen MR) is 85.7 cm³/mol. The Morgan fingerprint density at radius 1 is 1.14 bits per heavy atom. The fourth-order valence-corrected chi connectivity index (χ4v) is 2.42. The molecule has 2 aromatic carbocycles. The number of benzene rings is 2. The molecule has 2 aromatic rings. The second-order valence-corrected chi connectivity index (χ2v) is 5.60. The first-order valence-corrected chi connectivity index (χ1v) is 7.39. The van der Waals surface area contributed by atoms with Crippen LogP contribution in [0.15, 0.2) is 48.5 Å². The summed E-state index contributed by atoms with van der Waals surface area (Å²) >= 11 is 5.95. The number of aromatic hydroxyl groups is 1. The Bertz CT molecular complexity index is 571. The van der Waals surface area contributed by atoms with Gasteiger partial charge in [0.05, 0.1) is 6.10 Å². The molecule has 112 valence electrons. The smallest absolute Gasteiger partial charge is 0.115 e. The minimum atomic E-state index is -0.607. The van der Waals surface area contributed by atoms with Crippen molar-refractivity contribution in [3.05, 3.63) is 64.7 Å². The summed E-state index contributed by atoms with van der Waals surface area (Å²) < 4.78 is 0. The van der Waals surface area contributed by atoms with Crippen LogP contribution in [0.2, 0.25) is 5.02 Å². The molecule has 0 amide bonds. The molecule has 4 heteroatoms. The van der Waals surface area contributed by atoms with E-state index >= 15 is 0 Å². The van der Waals surface area contributed by atoms with Crippen LogP contribution in [-0.4, -0.2) is 22.8 Å². The van der Waals surface area contributed by atoms with E-state index in [0.29, 0.717) is 0 Å². The summed E-state index contributed by atoms with van der Waals surface area (Å²) in [5, 5.41) is 23.6. The normalized spacial score (nSPS) is 13.9. The minimum absolute atomic E-state index is 0.0753. The van der Waals surface area contributed by atoms with Crippen molar-refractivity contribution >= 4 is 11.6 Å². The number of phenols is 1. The molecule has 0 aliphatic carbocycles. The summed E-state index contributed by atoms with van der Waals surface area (Å²) in [4.78, 5) is 0. The van der Waals surface area contributed by atoms with Gasteiger partial charge in [-0.1, -0.05) is 35.9 Å². The molecule has 0 radical (unpaired) electrons. The third-order valence-electron chi connectivity index (χ3n) is 3.48. The first kappa shape index (κ1) is 15.8. The van der Waals surface area contributed by atoms with Gasteiger partial charge in [0.1, 0.15) is 5.75 Å². The first-order valence-electron chi connectivity index (χ1n) is 7.01. The molecular weight excluding hydrogens is 286 g/mol. The molecule has 2 atom stereocenters. The van der Waals surface area contributed by atoms with Crippen molar-refractivity contribution in [1.82, 2.24) is 5.32 Å². The maximum absolute atomic E-state index is 10.3. The molecule has 2 rings (SSSR count). The number of phenolic OH excluding ortho intramolecular Hbond substituents is 1. The van der Waals surface area contributed by atoms with Crippen LogP contribution in [0, 0.1) is 0 Å². The van der Waals surface area contributed by atoms with Gasteiger partial charge in [0, 0.05) is 11.1 Å². The molecule has 0 spiro atoms. The van der Waals surface area contributed by atoms with Crippen LogP contribution in [0.25, 0.3) is 0 Å². The predicted octanol–water partition coefficient (Wildman–Crippen LogP) is 3.30. The third kappa shape index (κ3) is 4.74. The Balaban J connectivity index is 1.83. The van der Waals surface area contributed by atoms with Crippen molar-refractivity contribution in [3.8, 4) is 5.75 Å². The van der Waals surface area contributed by atoms with Gasteiger partial charge in [0.25, 0.3) is 0 Å². The molecule has 0 fully saturated rings. The monoisotopic (exact) mass is 305 g/mol. The van der Waals surface area contributed by atoms with Crippen LogP contribution < -0.4 is 5.32 Å². The molecule has 0 heterocycles. The second kappa shape index (κ2) is 7.46. The standard InChI is InChI=1S/C17H20ClNO2/c1-12(17(21)14-5-7-16(20)8-6-14)19-10-9-13-3-2-4-15(18)11-13/h2-8,11-12,17,19-21H,9-10H2,1H3/t12-,17-/m0/s1. The molecule has 0 saturated carbocycles. The van der Waals surface area contributed by atoms with Crippen LogP contribution in [0.5, 0.6) is 5.75 Å². The molecule has 21 heavy (non-hydrogen) atoms.